The molecule has 1 aliphatic rings. The fourth-order valence-corrected chi connectivity index (χ4v) is 3.15. The number of hydrogen-bond donors (Lipinski definition) is 0. The van der Waals surface area contributed by atoms with Gasteiger partial charge in [0.1, 0.15) is 18.5 Å². The van der Waals surface area contributed by atoms with Gasteiger partial charge in [-0.1, -0.05) is 72.8 Å². The molecule has 1 saturated heterocycles. The van der Waals surface area contributed by atoms with E-state index in [1.54, 1.807) is 0 Å². The predicted octanol–water partition coefficient (Wildman–Crippen LogP) is 4.67. The van der Waals surface area contributed by atoms with Crippen molar-refractivity contribution in [3.63, 3.8) is 0 Å². The first kappa shape index (κ1) is 17.8. The minimum absolute atomic E-state index is 0.289. The van der Waals surface area contributed by atoms with Crippen molar-refractivity contribution in [3.05, 3.63) is 102 Å². The van der Waals surface area contributed by atoms with E-state index in [0.717, 1.165) is 32.0 Å². The second-order valence-corrected chi connectivity index (χ2v) is 7.03. The summed E-state index contributed by atoms with van der Waals surface area (Å²) in [6.45, 7) is 4.22. The molecular weight excluding hydrogens is 334 g/mol. The van der Waals surface area contributed by atoms with Crippen LogP contribution in [0.15, 0.2) is 84.9 Å². The zero-order valence-electron chi connectivity index (χ0n) is 15.5. The molecule has 3 aromatic carbocycles. The molecule has 138 valence electrons. The second kappa shape index (κ2) is 8.85. The summed E-state index contributed by atoms with van der Waals surface area (Å²) in [7, 11) is 0. The molecule has 1 atom stereocenters. The Morgan fingerprint density at radius 3 is 1.67 bits per heavy atom. The van der Waals surface area contributed by atoms with Gasteiger partial charge in [0, 0.05) is 19.6 Å². The van der Waals surface area contributed by atoms with E-state index in [4.69, 9.17) is 9.47 Å². The minimum atomic E-state index is 0.289. The van der Waals surface area contributed by atoms with Crippen molar-refractivity contribution in [2.45, 2.75) is 25.7 Å². The fraction of sp³-hybridized carbons (Fsp3) is 0.250. The van der Waals surface area contributed by atoms with Crippen LogP contribution in [-0.2, 0) is 24.4 Å². The van der Waals surface area contributed by atoms with E-state index in [2.05, 4.69) is 89.8 Å². The molecule has 4 rings (SSSR count). The van der Waals surface area contributed by atoms with E-state index >= 15 is 0 Å². The van der Waals surface area contributed by atoms with E-state index in [-0.39, 0.29) is 6.10 Å². The van der Waals surface area contributed by atoms with Gasteiger partial charge in [-0.05, 0) is 28.8 Å². The van der Waals surface area contributed by atoms with E-state index in [9.17, 15) is 0 Å². The van der Waals surface area contributed by atoms with E-state index in [1.165, 1.54) is 16.7 Å². The first-order valence-corrected chi connectivity index (χ1v) is 9.49. The molecule has 0 amide bonds. The van der Waals surface area contributed by atoms with E-state index in [1.807, 2.05) is 0 Å². The van der Waals surface area contributed by atoms with Crippen molar-refractivity contribution in [3.8, 4) is 5.75 Å². The number of ether oxygens (including phenoxy) is 2. The summed E-state index contributed by atoms with van der Waals surface area (Å²) >= 11 is 0. The first-order valence-electron chi connectivity index (χ1n) is 9.49. The van der Waals surface area contributed by atoms with Crippen LogP contribution in [0.4, 0.5) is 0 Å². The molecule has 0 saturated carbocycles. The predicted molar refractivity (Wildman–Crippen MR) is 108 cm³/mol. The van der Waals surface area contributed by atoms with Gasteiger partial charge in [0.15, 0.2) is 0 Å². The summed E-state index contributed by atoms with van der Waals surface area (Å²) in [6, 6.07) is 29.7. The molecule has 3 aromatic rings. The van der Waals surface area contributed by atoms with Crippen molar-refractivity contribution in [2.75, 3.05) is 13.2 Å². The zero-order chi connectivity index (χ0) is 18.3. The molecule has 1 heterocycles. The average Bonchev–Trinajstić information content (AvgIpc) is 3.54. The maximum absolute atomic E-state index is 5.74. The molecule has 0 radical (unpaired) electrons. The van der Waals surface area contributed by atoms with Crippen molar-refractivity contribution in [2.24, 2.45) is 0 Å². The monoisotopic (exact) mass is 359 g/mol. The third kappa shape index (κ3) is 5.68. The largest absolute Gasteiger partial charge is 0.491 e. The second-order valence-electron chi connectivity index (χ2n) is 7.03. The third-order valence-corrected chi connectivity index (χ3v) is 4.67. The quantitative estimate of drug-likeness (QED) is 0.519. The molecule has 1 fully saturated rings. The van der Waals surface area contributed by atoms with Crippen molar-refractivity contribution in [1.29, 1.82) is 0 Å². The number of epoxide rings is 1. The number of rotatable bonds is 9. The highest BCUT2D eigenvalue weighted by Crippen LogP contribution is 2.18. The van der Waals surface area contributed by atoms with Gasteiger partial charge in [0.2, 0.25) is 0 Å². The highest BCUT2D eigenvalue weighted by atomic mass is 16.6. The van der Waals surface area contributed by atoms with Crippen LogP contribution in [0.1, 0.15) is 16.7 Å². The zero-order valence-corrected chi connectivity index (χ0v) is 15.5. The van der Waals surface area contributed by atoms with Gasteiger partial charge < -0.3 is 9.47 Å². The van der Waals surface area contributed by atoms with Crippen molar-refractivity contribution < 1.29 is 9.47 Å². The van der Waals surface area contributed by atoms with Crippen LogP contribution >= 0.6 is 0 Å². The summed E-state index contributed by atoms with van der Waals surface area (Å²) in [5.41, 5.74) is 3.95. The molecule has 0 spiro atoms. The number of nitrogens with zero attached hydrogens (tertiary/aromatic N) is 1. The Bertz CT molecular complexity index is 773. The van der Waals surface area contributed by atoms with Gasteiger partial charge in [-0.2, -0.15) is 0 Å². The van der Waals surface area contributed by atoms with Crippen LogP contribution in [0.25, 0.3) is 0 Å². The van der Waals surface area contributed by atoms with Gasteiger partial charge >= 0.3 is 0 Å². The molecule has 1 unspecified atom stereocenters. The Labute approximate surface area is 161 Å². The highest BCUT2D eigenvalue weighted by Gasteiger charge is 2.22. The minimum Gasteiger partial charge on any atom is -0.491 e. The molecule has 3 nitrogen and oxygen atoms in total. The Balaban J connectivity index is 1.42. The first-order chi connectivity index (χ1) is 13.3. The summed E-state index contributed by atoms with van der Waals surface area (Å²) in [6.07, 6.45) is 0.289. The average molecular weight is 359 g/mol. The van der Waals surface area contributed by atoms with Gasteiger partial charge in [0.25, 0.3) is 0 Å². The van der Waals surface area contributed by atoms with Crippen molar-refractivity contribution >= 4 is 0 Å². The van der Waals surface area contributed by atoms with E-state index < -0.39 is 0 Å². The fourth-order valence-electron chi connectivity index (χ4n) is 3.15. The molecule has 27 heavy (non-hydrogen) atoms. The normalized spacial score (nSPS) is 15.7. The Morgan fingerprint density at radius 1 is 0.704 bits per heavy atom. The lowest BCUT2D eigenvalue weighted by Crippen LogP contribution is -2.22. The summed E-state index contributed by atoms with van der Waals surface area (Å²) in [4.78, 5) is 2.47. The van der Waals surface area contributed by atoms with Crippen LogP contribution in [0, 0.1) is 0 Å². The van der Waals surface area contributed by atoms with Gasteiger partial charge in [-0.15, -0.1) is 0 Å². The maximum atomic E-state index is 5.74. The van der Waals surface area contributed by atoms with Gasteiger partial charge in [-0.25, -0.2) is 0 Å². The molecule has 0 aliphatic carbocycles. The summed E-state index contributed by atoms with van der Waals surface area (Å²) < 4.78 is 10.9. The Kier molecular flexibility index (Phi) is 5.83. The maximum Gasteiger partial charge on any atom is 0.119 e. The highest BCUT2D eigenvalue weighted by molar-refractivity contribution is 5.27. The van der Waals surface area contributed by atoms with Gasteiger partial charge in [0.05, 0.1) is 6.61 Å². The lowest BCUT2D eigenvalue weighted by atomic mass is 10.1. The Hall–Kier alpha value is -2.62. The van der Waals surface area contributed by atoms with Gasteiger partial charge in [-0.3, -0.25) is 4.90 Å². The number of hydrogen-bond acceptors (Lipinski definition) is 3. The molecule has 0 aromatic heterocycles. The van der Waals surface area contributed by atoms with Crippen LogP contribution < -0.4 is 4.74 Å². The molecule has 3 heteroatoms. The lowest BCUT2D eigenvalue weighted by molar-refractivity contribution is 0.247. The third-order valence-electron chi connectivity index (χ3n) is 4.67. The summed E-state index contributed by atoms with van der Waals surface area (Å²) in [5, 5.41) is 0. The topological polar surface area (TPSA) is 25.0 Å². The molecular formula is C24H25NO2. The number of benzene rings is 3. The molecule has 0 N–H and O–H groups in total. The Morgan fingerprint density at radius 2 is 1.19 bits per heavy atom. The van der Waals surface area contributed by atoms with Crippen LogP contribution in [0.5, 0.6) is 5.75 Å². The van der Waals surface area contributed by atoms with Crippen LogP contribution in [0.3, 0.4) is 0 Å². The molecule has 1 aliphatic heterocycles. The standard InChI is InChI=1S/C24H25NO2/c1-3-7-20(8-4-1)15-25(16-21-9-5-2-6-10-21)17-22-11-13-23(14-12-22)26-18-24-19-27-24/h1-14,24H,15-19H2. The SMILES string of the molecule is c1ccc(CN(Cc2ccccc2)Cc2ccc(OCC3CO3)cc2)cc1. The summed E-state index contributed by atoms with van der Waals surface area (Å²) in [5.74, 6) is 0.909. The van der Waals surface area contributed by atoms with Crippen LogP contribution in [-0.4, -0.2) is 24.2 Å². The van der Waals surface area contributed by atoms with Crippen LogP contribution in [0.2, 0.25) is 0 Å². The smallest absolute Gasteiger partial charge is 0.119 e. The molecule has 0 bridgehead atoms. The van der Waals surface area contributed by atoms with E-state index in [0.29, 0.717) is 6.61 Å². The van der Waals surface area contributed by atoms with Crippen molar-refractivity contribution in [1.82, 2.24) is 4.90 Å². The lowest BCUT2D eigenvalue weighted by Gasteiger charge is -2.23.